The Bertz CT molecular complexity index is 149. The molecule has 2 saturated heterocycles. The van der Waals surface area contributed by atoms with E-state index in [0.717, 1.165) is 12.8 Å². The third-order valence-electron chi connectivity index (χ3n) is 3.02. The smallest absolute Gasteiger partial charge is 0.0410 e. The molecule has 6 N–H and O–H groups in total. The van der Waals surface area contributed by atoms with Crippen molar-refractivity contribution < 1.29 is 0 Å². The van der Waals surface area contributed by atoms with E-state index >= 15 is 0 Å². The van der Waals surface area contributed by atoms with E-state index < -0.39 is 0 Å². The summed E-state index contributed by atoms with van der Waals surface area (Å²) in [6.07, 6.45) is 2.30. The lowest BCUT2D eigenvalue weighted by atomic mass is 9.85. The molecular formula is C6H14N6. The fraction of sp³-hybridized carbons (Fsp3) is 1.00. The van der Waals surface area contributed by atoms with Crippen LogP contribution >= 0.6 is 0 Å². The molecule has 2 heterocycles. The van der Waals surface area contributed by atoms with Gasteiger partial charge in [0.2, 0.25) is 0 Å². The minimum absolute atomic E-state index is 0.556. The lowest BCUT2D eigenvalue weighted by molar-refractivity contribution is 0.295. The number of hydrogen-bond donors (Lipinski definition) is 6. The van der Waals surface area contributed by atoms with E-state index in [9.17, 15) is 0 Å². The highest BCUT2D eigenvalue weighted by Crippen LogP contribution is 2.22. The fourth-order valence-corrected chi connectivity index (χ4v) is 2.30. The van der Waals surface area contributed by atoms with Gasteiger partial charge in [-0.3, -0.25) is 0 Å². The molecule has 0 spiro atoms. The largest absolute Gasteiger partial charge is 0.239 e. The standard InChI is InChI=1S/C6H14N6/c1-3-5(9-11-7-3)2-6-4(1)8-12-10-6/h3-12H,1-2H2. The van der Waals surface area contributed by atoms with E-state index in [-0.39, 0.29) is 0 Å². The number of rotatable bonds is 0. The Hall–Kier alpha value is -0.240. The second kappa shape index (κ2) is 2.63. The summed E-state index contributed by atoms with van der Waals surface area (Å²) in [7, 11) is 0. The van der Waals surface area contributed by atoms with E-state index in [2.05, 4.69) is 32.8 Å². The van der Waals surface area contributed by atoms with Gasteiger partial charge in [0.15, 0.2) is 0 Å². The van der Waals surface area contributed by atoms with E-state index in [0.29, 0.717) is 24.2 Å². The van der Waals surface area contributed by atoms with Gasteiger partial charge in [-0.2, -0.15) is 11.1 Å². The summed E-state index contributed by atoms with van der Waals surface area (Å²) in [5.41, 5.74) is 18.8. The maximum absolute atomic E-state index is 3.21. The van der Waals surface area contributed by atoms with Gasteiger partial charge in [-0.1, -0.05) is 0 Å². The Kier molecular flexibility index (Phi) is 1.57. The van der Waals surface area contributed by atoms with Crippen molar-refractivity contribution in [2.24, 2.45) is 0 Å². The number of hydrogen-bond acceptors (Lipinski definition) is 6. The molecule has 0 radical (unpaired) electrons. The average Bonchev–Trinajstić information content (AvgIpc) is 2.64. The van der Waals surface area contributed by atoms with Crippen molar-refractivity contribution in [1.29, 1.82) is 0 Å². The van der Waals surface area contributed by atoms with Gasteiger partial charge in [-0.25, -0.2) is 21.7 Å². The van der Waals surface area contributed by atoms with Crippen molar-refractivity contribution in [2.75, 3.05) is 0 Å². The van der Waals surface area contributed by atoms with Gasteiger partial charge in [0, 0.05) is 24.2 Å². The van der Waals surface area contributed by atoms with Gasteiger partial charge in [0.1, 0.15) is 0 Å². The predicted octanol–water partition coefficient (Wildman–Crippen LogP) is -2.52. The molecule has 0 aromatic heterocycles. The third-order valence-corrected chi connectivity index (χ3v) is 3.02. The fourth-order valence-electron chi connectivity index (χ4n) is 2.30. The highest BCUT2D eigenvalue weighted by Gasteiger charge is 2.41. The molecule has 68 valence electrons. The molecule has 0 bridgehead atoms. The second-order valence-corrected chi connectivity index (χ2v) is 3.72. The topological polar surface area (TPSA) is 72.2 Å². The molecule has 1 aliphatic carbocycles. The number of hydrazine groups is 4. The van der Waals surface area contributed by atoms with E-state index in [1.807, 2.05) is 0 Å². The van der Waals surface area contributed by atoms with Crippen LogP contribution in [0.5, 0.6) is 0 Å². The Morgan fingerprint density at radius 1 is 0.583 bits per heavy atom. The second-order valence-electron chi connectivity index (χ2n) is 3.72. The zero-order valence-corrected chi connectivity index (χ0v) is 6.72. The van der Waals surface area contributed by atoms with Gasteiger partial charge in [-0.05, 0) is 12.8 Å². The van der Waals surface area contributed by atoms with Gasteiger partial charge in [0.05, 0.1) is 0 Å². The quantitative estimate of drug-likeness (QED) is 0.241. The molecule has 4 unspecified atom stereocenters. The van der Waals surface area contributed by atoms with Crippen LogP contribution in [-0.2, 0) is 0 Å². The van der Waals surface area contributed by atoms with Crippen molar-refractivity contribution in [2.45, 2.75) is 37.0 Å². The molecule has 0 amide bonds. The summed E-state index contributed by atoms with van der Waals surface area (Å²) in [4.78, 5) is 0. The molecule has 0 aromatic carbocycles. The third kappa shape index (κ3) is 0.972. The first-order valence-corrected chi connectivity index (χ1v) is 4.45. The van der Waals surface area contributed by atoms with Crippen LogP contribution in [0.1, 0.15) is 12.8 Å². The molecule has 1 saturated carbocycles. The zero-order chi connectivity index (χ0) is 7.97. The van der Waals surface area contributed by atoms with Gasteiger partial charge < -0.3 is 0 Å². The Balaban J connectivity index is 1.75. The molecule has 12 heavy (non-hydrogen) atoms. The molecule has 3 fully saturated rings. The summed E-state index contributed by atoms with van der Waals surface area (Å²) in [6.45, 7) is 0. The Morgan fingerprint density at radius 2 is 0.917 bits per heavy atom. The maximum atomic E-state index is 3.21. The Morgan fingerprint density at radius 3 is 1.25 bits per heavy atom. The normalized spacial score (nSPS) is 52.0. The summed E-state index contributed by atoms with van der Waals surface area (Å²) in [5.74, 6) is 0. The van der Waals surface area contributed by atoms with Crippen LogP contribution in [0.25, 0.3) is 0 Å². The van der Waals surface area contributed by atoms with Crippen molar-refractivity contribution in [3.8, 4) is 0 Å². The van der Waals surface area contributed by atoms with E-state index in [1.54, 1.807) is 0 Å². The van der Waals surface area contributed by atoms with Crippen LogP contribution in [0.2, 0.25) is 0 Å². The monoisotopic (exact) mass is 170 g/mol. The lowest BCUT2D eigenvalue weighted by Gasteiger charge is -2.31. The minimum Gasteiger partial charge on any atom is -0.239 e. The SMILES string of the molecule is C1C2NNNC2CC2NNNC12. The van der Waals surface area contributed by atoms with Gasteiger partial charge >= 0.3 is 0 Å². The van der Waals surface area contributed by atoms with Gasteiger partial charge in [0.25, 0.3) is 0 Å². The van der Waals surface area contributed by atoms with Crippen LogP contribution in [-0.4, -0.2) is 24.2 Å². The summed E-state index contributed by atoms with van der Waals surface area (Å²) in [6, 6.07) is 2.22. The van der Waals surface area contributed by atoms with Crippen molar-refractivity contribution >= 4 is 0 Å². The Labute approximate surface area is 70.7 Å². The first-order valence-electron chi connectivity index (χ1n) is 4.45. The van der Waals surface area contributed by atoms with Crippen LogP contribution in [0.4, 0.5) is 0 Å². The van der Waals surface area contributed by atoms with E-state index in [4.69, 9.17) is 0 Å². The van der Waals surface area contributed by atoms with E-state index in [1.165, 1.54) is 0 Å². The molecule has 2 aliphatic heterocycles. The van der Waals surface area contributed by atoms with Crippen LogP contribution < -0.4 is 32.8 Å². The molecule has 6 nitrogen and oxygen atoms in total. The van der Waals surface area contributed by atoms with Crippen LogP contribution in [0.3, 0.4) is 0 Å². The molecular weight excluding hydrogens is 156 g/mol. The highest BCUT2D eigenvalue weighted by atomic mass is 15.7. The summed E-state index contributed by atoms with van der Waals surface area (Å²) >= 11 is 0. The van der Waals surface area contributed by atoms with Crippen molar-refractivity contribution in [3.05, 3.63) is 0 Å². The first kappa shape index (κ1) is 7.19. The summed E-state index contributed by atoms with van der Waals surface area (Å²) in [5, 5.41) is 0. The van der Waals surface area contributed by atoms with Crippen LogP contribution in [0, 0.1) is 0 Å². The molecule has 3 aliphatic rings. The number of nitrogens with one attached hydrogen (secondary N) is 6. The predicted molar refractivity (Wildman–Crippen MR) is 43.2 cm³/mol. The zero-order valence-electron chi connectivity index (χ0n) is 6.72. The minimum atomic E-state index is 0.556. The summed E-state index contributed by atoms with van der Waals surface area (Å²) < 4.78 is 0. The lowest BCUT2D eigenvalue weighted by Crippen LogP contribution is -2.51. The highest BCUT2D eigenvalue weighted by molar-refractivity contribution is 5.01. The van der Waals surface area contributed by atoms with Crippen LogP contribution in [0.15, 0.2) is 0 Å². The molecule has 6 heteroatoms. The van der Waals surface area contributed by atoms with Gasteiger partial charge in [-0.15, -0.1) is 0 Å². The average molecular weight is 170 g/mol. The number of fused-ring (bicyclic) bond motifs is 2. The molecule has 0 aromatic rings. The molecule has 4 atom stereocenters. The van der Waals surface area contributed by atoms with Crippen molar-refractivity contribution in [3.63, 3.8) is 0 Å². The molecule has 3 rings (SSSR count). The maximum Gasteiger partial charge on any atom is 0.0410 e. The first-order chi connectivity index (χ1) is 5.93. The van der Waals surface area contributed by atoms with Crippen molar-refractivity contribution in [1.82, 2.24) is 32.8 Å².